The van der Waals surface area contributed by atoms with Gasteiger partial charge >= 0.3 is 0 Å². The molecular formula is C15H28N2S. The molecule has 1 heterocycles. The minimum Gasteiger partial charge on any atom is -0.362 e. The molecule has 0 spiro atoms. The van der Waals surface area contributed by atoms with Crippen molar-refractivity contribution < 1.29 is 0 Å². The summed E-state index contributed by atoms with van der Waals surface area (Å²) in [6.45, 7) is 7.96. The summed E-state index contributed by atoms with van der Waals surface area (Å²) < 4.78 is 0. The molecule has 0 radical (unpaired) electrons. The van der Waals surface area contributed by atoms with Gasteiger partial charge in [0.2, 0.25) is 0 Å². The Hall–Kier alpha value is -0.180. The van der Waals surface area contributed by atoms with Crippen molar-refractivity contribution in [2.45, 2.75) is 70.6 Å². The van der Waals surface area contributed by atoms with Crippen molar-refractivity contribution in [3.63, 3.8) is 0 Å². The minimum absolute atomic E-state index is 0.688. The Labute approximate surface area is 116 Å². The van der Waals surface area contributed by atoms with E-state index in [1.807, 2.05) is 11.8 Å². The smallest absolute Gasteiger partial charge is 0.157 e. The highest BCUT2D eigenvalue weighted by Crippen LogP contribution is 2.29. The number of hydrogen-bond acceptors (Lipinski definition) is 3. The molecule has 1 aliphatic carbocycles. The first kappa shape index (κ1) is 14.2. The molecule has 0 saturated heterocycles. The van der Waals surface area contributed by atoms with Crippen LogP contribution in [0.4, 0.5) is 0 Å². The predicted octanol–water partition coefficient (Wildman–Crippen LogP) is 4.06. The van der Waals surface area contributed by atoms with Crippen molar-refractivity contribution in [2.75, 3.05) is 6.54 Å². The highest BCUT2D eigenvalue weighted by atomic mass is 32.2. The number of nitrogens with zero attached hydrogens (tertiary/aromatic N) is 1. The molecule has 2 nitrogen and oxygen atoms in total. The summed E-state index contributed by atoms with van der Waals surface area (Å²) in [7, 11) is 0. The molecule has 3 atom stereocenters. The van der Waals surface area contributed by atoms with E-state index in [4.69, 9.17) is 0 Å². The third-order valence-electron chi connectivity index (χ3n) is 4.14. The Morgan fingerprint density at radius 3 is 2.94 bits per heavy atom. The molecule has 18 heavy (non-hydrogen) atoms. The van der Waals surface area contributed by atoms with Gasteiger partial charge in [-0.25, -0.2) is 0 Å². The maximum absolute atomic E-state index is 4.68. The Kier molecular flexibility index (Phi) is 5.40. The molecule has 0 bridgehead atoms. The highest BCUT2D eigenvalue weighted by Gasteiger charge is 2.25. The second kappa shape index (κ2) is 6.83. The molecule has 3 unspecified atom stereocenters. The zero-order valence-corrected chi connectivity index (χ0v) is 12.9. The molecule has 0 aromatic carbocycles. The molecule has 104 valence electrons. The molecule has 2 aliphatic rings. The topological polar surface area (TPSA) is 24.4 Å². The molecule has 0 amide bonds. The molecule has 1 saturated carbocycles. The van der Waals surface area contributed by atoms with Crippen LogP contribution in [-0.4, -0.2) is 23.0 Å². The normalized spacial score (nSPS) is 32.7. The van der Waals surface area contributed by atoms with Gasteiger partial charge in [0, 0.05) is 11.3 Å². The lowest BCUT2D eigenvalue weighted by molar-refractivity contribution is 0.300. The van der Waals surface area contributed by atoms with E-state index in [1.54, 1.807) is 0 Å². The second-order valence-corrected chi connectivity index (χ2v) is 7.59. The number of amidine groups is 1. The minimum atomic E-state index is 0.688. The van der Waals surface area contributed by atoms with Crippen molar-refractivity contribution in [1.82, 2.24) is 5.32 Å². The zero-order valence-electron chi connectivity index (χ0n) is 12.1. The fourth-order valence-electron chi connectivity index (χ4n) is 3.11. The van der Waals surface area contributed by atoms with Crippen molar-refractivity contribution in [2.24, 2.45) is 16.8 Å². The summed E-state index contributed by atoms with van der Waals surface area (Å²) in [6.07, 6.45) is 8.15. The molecule has 1 aliphatic heterocycles. The van der Waals surface area contributed by atoms with E-state index >= 15 is 0 Å². The molecule has 0 aromatic rings. The van der Waals surface area contributed by atoms with Crippen LogP contribution in [0.25, 0.3) is 0 Å². The van der Waals surface area contributed by atoms with Crippen molar-refractivity contribution in [3.05, 3.63) is 0 Å². The average molecular weight is 268 g/mol. The molecule has 1 fully saturated rings. The fraction of sp³-hybridized carbons (Fsp3) is 0.933. The predicted molar refractivity (Wildman–Crippen MR) is 82.3 cm³/mol. The largest absolute Gasteiger partial charge is 0.362 e. The number of hydrogen-bond donors (Lipinski definition) is 1. The van der Waals surface area contributed by atoms with Gasteiger partial charge in [-0.1, -0.05) is 51.8 Å². The lowest BCUT2D eigenvalue weighted by Gasteiger charge is -2.29. The fourth-order valence-corrected chi connectivity index (χ4v) is 4.44. The van der Waals surface area contributed by atoms with E-state index < -0.39 is 0 Å². The van der Waals surface area contributed by atoms with Gasteiger partial charge in [0.05, 0.1) is 6.54 Å². The van der Waals surface area contributed by atoms with Crippen LogP contribution in [0.5, 0.6) is 0 Å². The van der Waals surface area contributed by atoms with Crippen LogP contribution in [-0.2, 0) is 0 Å². The van der Waals surface area contributed by atoms with E-state index in [-0.39, 0.29) is 0 Å². The lowest BCUT2D eigenvalue weighted by atomic mass is 9.84. The number of rotatable bonds is 4. The maximum atomic E-state index is 4.68. The summed E-state index contributed by atoms with van der Waals surface area (Å²) in [6, 6.07) is 0.688. The number of aliphatic imine (C=N–C) groups is 1. The van der Waals surface area contributed by atoms with E-state index in [1.165, 1.54) is 43.7 Å². The van der Waals surface area contributed by atoms with Crippen molar-refractivity contribution in [1.29, 1.82) is 0 Å². The maximum Gasteiger partial charge on any atom is 0.157 e. The van der Waals surface area contributed by atoms with Gasteiger partial charge in [-0.15, -0.1) is 0 Å². The van der Waals surface area contributed by atoms with E-state index in [9.17, 15) is 0 Å². The van der Waals surface area contributed by atoms with Gasteiger partial charge in [0.25, 0.3) is 0 Å². The summed E-state index contributed by atoms with van der Waals surface area (Å²) in [4.78, 5) is 4.68. The van der Waals surface area contributed by atoms with Crippen LogP contribution in [0.2, 0.25) is 0 Å². The Morgan fingerprint density at radius 1 is 1.39 bits per heavy atom. The Balaban J connectivity index is 1.74. The molecule has 0 aromatic heterocycles. The molecule has 3 heteroatoms. The highest BCUT2D eigenvalue weighted by molar-refractivity contribution is 8.14. The van der Waals surface area contributed by atoms with Crippen LogP contribution in [0.3, 0.4) is 0 Å². The first-order chi connectivity index (χ1) is 8.67. The first-order valence-corrected chi connectivity index (χ1v) is 8.53. The van der Waals surface area contributed by atoms with Crippen molar-refractivity contribution in [3.8, 4) is 0 Å². The van der Waals surface area contributed by atoms with E-state index in [0.717, 1.165) is 23.6 Å². The van der Waals surface area contributed by atoms with Gasteiger partial charge in [0.15, 0.2) is 5.17 Å². The Bertz CT molecular complexity index is 288. The quantitative estimate of drug-likeness (QED) is 0.831. The summed E-state index contributed by atoms with van der Waals surface area (Å²) in [5.41, 5.74) is 0. The molecule has 1 N–H and O–H groups in total. The molecular weight excluding hydrogens is 240 g/mol. The van der Waals surface area contributed by atoms with E-state index in [0.29, 0.717) is 6.04 Å². The summed E-state index contributed by atoms with van der Waals surface area (Å²) in [5, 5.41) is 5.64. The van der Waals surface area contributed by atoms with Crippen LogP contribution >= 0.6 is 11.8 Å². The van der Waals surface area contributed by atoms with Gasteiger partial charge in [-0.2, -0.15) is 0 Å². The summed E-state index contributed by atoms with van der Waals surface area (Å²) >= 11 is 1.98. The lowest BCUT2D eigenvalue weighted by Crippen LogP contribution is -2.36. The van der Waals surface area contributed by atoms with Crippen LogP contribution in [0.1, 0.15) is 59.3 Å². The second-order valence-electron chi connectivity index (χ2n) is 6.30. The zero-order chi connectivity index (χ0) is 13.0. The van der Waals surface area contributed by atoms with Crippen LogP contribution in [0.15, 0.2) is 4.99 Å². The van der Waals surface area contributed by atoms with Crippen LogP contribution in [0, 0.1) is 11.8 Å². The molecule has 2 rings (SSSR count). The third-order valence-corrected chi connectivity index (χ3v) is 5.28. The summed E-state index contributed by atoms with van der Waals surface area (Å²) in [5.74, 6) is 1.73. The monoisotopic (exact) mass is 268 g/mol. The third kappa shape index (κ3) is 4.18. The van der Waals surface area contributed by atoms with Crippen molar-refractivity contribution >= 4 is 16.9 Å². The van der Waals surface area contributed by atoms with E-state index in [2.05, 4.69) is 31.1 Å². The van der Waals surface area contributed by atoms with Gasteiger partial charge in [-0.05, 0) is 31.1 Å². The van der Waals surface area contributed by atoms with Gasteiger partial charge in [0.1, 0.15) is 0 Å². The van der Waals surface area contributed by atoms with Crippen LogP contribution < -0.4 is 5.32 Å². The SMILES string of the molecule is CCC1CCCC(NC2=NCC(CC(C)C)S2)C1. The number of thioether (sulfide) groups is 1. The Morgan fingerprint density at radius 2 is 2.22 bits per heavy atom. The average Bonchev–Trinajstić information content (AvgIpc) is 2.76. The number of nitrogens with one attached hydrogen (secondary N) is 1. The standard InChI is InChI=1S/C15H28N2S/c1-4-12-6-5-7-13(9-12)17-15-16-10-14(18-15)8-11(2)3/h11-14H,4-10H2,1-3H3,(H,16,17). The van der Waals surface area contributed by atoms with Gasteiger partial charge < -0.3 is 5.32 Å². The first-order valence-electron chi connectivity index (χ1n) is 7.65. The van der Waals surface area contributed by atoms with Gasteiger partial charge in [-0.3, -0.25) is 4.99 Å².